The first-order valence-electron chi connectivity index (χ1n) is 5.97. The third-order valence-corrected chi connectivity index (χ3v) is 3.38. The lowest BCUT2D eigenvalue weighted by molar-refractivity contribution is 0.220. The van der Waals surface area contributed by atoms with E-state index in [1.807, 2.05) is 6.92 Å². The van der Waals surface area contributed by atoms with Crippen molar-refractivity contribution in [2.24, 2.45) is 0 Å². The quantitative estimate of drug-likeness (QED) is 0.918. The zero-order valence-corrected chi connectivity index (χ0v) is 12.0. The van der Waals surface area contributed by atoms with Gasteiger partial charge >= 0.3 is 0 Å². The van der Waals surface area contributed by atoms with E-state index in [-0.39, 0.29) is 5.82 Å². The van der Waals surface area contributed by atoms with Crippen molar-refractivity contribution in [3.63, 3.8) is 0 Å². The lowest BCUT2D eigenvalue weighted by atomic mass is 10.0. The molecule has 1 unspecified atom stereocenters. The van der Waals surface area contributed by atoms with Crippen molar-refractivity contribution in [1.82, 2.24) is 0 Å². The lowest BCUT2D eigenvalue weighted by Gasteiger charge is -2.13. The van der Waals surface area contributed by atoms with Crippen LogP contribution in [0.4, 0.5) is 4.39 Å². The first-order chi connectivity index (χ1) is 9.11. The van der Waals surface area contributed by atoms with E-state index in [1.54, 1.807) is 30.3 Å². The van der Waals surface area contributed by atoms with Crippen molar-refractivity contribution in [1.29, 1.82) is 0 Å². The van der Waals surface area contributed by atoms with Crippen molar-refractivity contribution in [3.8, 4) is 5.75 Å². The van der Waals surface area contributed by atoms with E-state index in [0.717, 1.165) is 15.8 Å². The van der Waals surface area contributed by atoms with Crippen LogP contribution in [0, 0.1) is 5.82 Å². The predicted octanol–water partition coefficient (Wildman–Crippen LogP) is 4.07. The largest absolute Gasteiger partial charge is 0.493 e. The van der Waals surface area contributed by atoms with E-state index in [1.165, 1.54) is 12.1 Å². The Balaban J connectivity index is 2.26. The molecule has 0 saturated heterocycles. The zero-order chi connectivity index (χ0) is 13.8. The molecule has 100 valence electrons. The van der Waals surface area contributed by atoms with Gasteiger partial charge in [-0.15, -0.1) is 0 Å². The molecule has 0 amide bonds. The lowest BCUT2D eigenvalue weighted by Crippen LogP contribution is -2.00. The number of aliphatic hydroxyl groups is 1. The van der Waals surface area contributed by atoms with Crippen LogP contribution >= 0.6 is 15.9 Å². The molecule has 2 aromatic carbocycles. The fourth-order valence-corrected chi connectivity index (χ4v) is 2.31. The monoisotopic (exact) mass is 324 g/mol. The molecule has 0 heterocycles. The molecule has 0 radical (unpaired) electrons. The van der Waals surface area contributed by atoms with Crippen LogP contribution in [0.15, 0.2) is 46.9 Å². The number of hydrogen-bond donors (Lipinski definition) is 1. The summed E-state index contributed by atoms with van der Waals surface area (Å²) in [4.78, 5) is 0. The fourth-order valence-electron chi connectivity index (χ4n) is 1.80. The molecule has 1 N–H and O–H groups in total. The first kappa shape index (κ1) is 14.0. The summed E-state index contributed by atoms with van der Waals surface area (Å²) in [5.74, 6) is 0.418. The van der Waals surface area contributed by atoms with Gasteiger partial charge in [0.25, 0.3) is 0 Å². The molecule has 0 fully saturated rings. The summed E-state index contributed by atoms with van der Waals surface area (Å²) in [5, 5.41) is 10.2. The highest BCUT2D eigenvalue weighted by atomic mass is 79.9. The fraction of sp³-hybridized carbons (Fsp3) is 0.200. The Morgan fingerprint density at radius 3 is 2.37 bits per heavy atom. The number of aliphatic hydroxyl groups excluding tert-OH is 1. The third kappa shape index (κ3) is 3.33. The maximum atomic E-state index is 12.8. The molecule has 0 aromatic heterocycles. The minimum absolute atomic E-state index is 0.316. The minimum atomic E-state index is -0.785. The summed E-state index contributed by atoms with van der Waals surface area (Å²) in [7, 11) is 0. The number of rotatable bonds is 4. The topological polar surface area (TPSA) is 29.5 Å². The van der Waals surface area contributed by atoms with Gasteiger partial charge in [0, 0.05) is 0 Å². The molecule has 2 rings (SSSR count). The molecule has 4 heteroatoms. The maximum absolute atomic E-state index is 12.8. The molecule has 0 saturated carbocycles. The molecular formula is C15H14BrFO2. The van der Waals surface area contributed by atoms with E-state index in [2.05, 4.69) is 15.9 Å². The van der Waals surface area contributed by atoms with Gasteiger partial charge in [-0.2, -0.15) is 0 Å². The van der Waals surface area contributed by atoms with Gasteiger partial charge < -0.3 is 9.84 Å². The molecule has 0 aliphatic carbocycles. The standard InChI is InChI=1S/C15H14BrFO2/c1-2-19-14-8-5-11(9-13(14)16)15(18)10-3-6-12(17)7-4-10/h3-9,15,18H,2H2,1H3. The second-order valence-electron chi connectivity index (χ2n) is 4.08. The van der Waals surface area contributed by atoms with E-state index in [0.29, 0.717) is 12.2 Å². The van der Waals surface area contributed by atoms with Crippen LogP contribution in [0.1, 0.15) is 24.2 Å². The van der Waals surface area contributed by atoms with Crippen LogP contribution in [0.3, 0.4) is 0 Å². The molecule has 19 heavy (non-hydrogen) atoms. The van der Waals surface area contributed by atoms with Crippen LogP contribution in [-0.2, 0) is 0 Å². The summed E-state index contributed by atoms with van der Waals surface area (Å²) in [5.41, 5.74) is 1.37. The number of ether oxygens (including phenoxy) is 1. The van der Waals surface area contributed by atoms with Gasteiger partial charge in [0.15, 0.2) is 0 Å². The summed E-state index contributed by atoms with van der Waals surface area (Å²) in [6, 6.07) is 11.2. The smallest absolute Gasteiger partial charge is 0.133 e. The summed E-state index contributed by atoms with van der Waals surface area (Å²) < 4.78 is 19.0. The van der Waals surface area contributed by atoms with Crippen molar-refractivity contribution < 1.29 is 14.2 Å². The molecule has 2 nitrogen and oxygen atoms in total. The second kappa shape index (κ2) is 6.17. The van der Waals surface area contributed by atoms with Gasteiger partial charge in [-0.05, 0) is 58.2 Å². The normalized spacial score (nSPS) is 12.2. The Morgan fingerprint density at radius 1 is 1.16 bits per heavy atom. The maximum Gasteiger partial charge on any atom is 0.133 e. The average molecular weight is 325 g/mol. The third-order valence-electron chi connectivity index (χ3n) is 2.76. The van der Waals surface area contributed by atoms with Crippen molar-refractivity contribution in [2.75, 3.05) is 6.61 Å². The zero-order valence-electron chi connectivity index (χ0n) is 10.4. The van der Waals surface area contributed by atoms with Gasteiger partial charge in [-0.3, -0.25) is 0 Å². The first-order valence-corrected chi connectivity index (χ1v) is 6.77. The molecular weight excluding hydrogens is 311 g/mol. The molecule has 1 atom stereocenters. The van der Waals surface area contributed by atoms with Crippen LogP contribution < -0.4 is 4.74 Å². The summed E-state index contributed by atoms with van der Waals surface area (Å²) in [6.07, 6.45) is -0.785. The number of halogens is 2. The van der Waals surface area contributed by atoms with E-state index in [4.69, 9.17) is 4.74 Å². The van der Waals surface area contributed by atoms with Crippen LogP contribution in [0.25, 0.3) is 0 Å². The van der Waals surface area contributed by atoms with Crippen molar-refractivity contribution in [2.45, 2.75) is 13.0 Å². The van der Waals surface area contributed by atoms with Gasteiger partial charge in [0.2, 0.25) is 0 Å². The molecule has 0 spiro atoms. The van der Waals surface area contributed by atoms with Crippen molar-refractivity contribution in [3.05, 3.63) is 63.9 Å². The van der Waals surface area contributed by atoms with Crippen molar-refractivity contribution >= 4 is 15.9 Å². The Kier molecular flexibility index (Phi) is 4.56. The van der Waals surface area contributed by atoms with E-state index in [9.17, 15) is 9.50 Å². The van der Waals surface area contributed by atoms with E-state index >= 15 is 0 Å². The highest BCUT2D eigenvalue weighted by Gasteiger charge is 2.12. The predicted molar refractivity (Wildman–Crippen MR) is 75.8 cm³/mol. The minimum Gasteiger partial charge on any atom is -0.493 e. The Bertz CT molecular complexity index is 555. The van der Waals surface area contributed by atoms with Crippen LogP contribution in [-0.4, -0.2) is 11.7 Å². The molecule has 0 bridgehead atoms. The summed E-state index contributed by atoms with van der Waals surface area (Å²) in [6.45, 7) is 2.49. The Labute approximate surface area is 120 Å². The molecule has 2 aromatic rings. The number of hydrogen-bond acceptors (Lipinski definition) is 2. The second-order valence-corrected chi connectivity index (χ2v) is 4.93. The SMILES string of the molecule is CCOc1ccc(C(O)c2ccc(F)cc2)cc1Br. The van der Waals surface area contributed by atoms with Gasteiger partial charge in [0.05, 0.1) is 11.1 Å². The van der Waals surface area contributed by atoms with Crippen LogP contribution in [0.2, 0.25) is 0 Å². The highest BCUT2D eigenvalue weighted by Crippen LogP contribution is 2.30. The molecule has 0 aliphatic rings. The van der Waals surface area contributed by atoms with Gasteiger partial charge in [0.1, 0.15) is 17.7 Å². The van der Waals surface area contributed by atoms with Gasteiger partial charge in [-0.25, -0.2) is 4.39 Å². The van der Waals surface area contributed by atoms with E-state index < -0.39 is 6.10 Å². The average Bonchev–Trinajstić information content (AvgIpc) is 2.41. The Morgan fingerprint density at radius 2 is 1.79 bits per heavy atom. The highest BCUT2D eigenvalue weighted by molar-refractivity contribution is 9.10. The number of benzene rings is 2. The summed E-state index contributed by atoms with van der Waals surface area (Å²) >= 11 is 3.40. The van der Waals surface area contributed by atoms with Crippen LogP contribution in [0.5, 0.6) is 5.75 Å². The van der Waals surface area contributed by atoms with Gasteiger partial charge in [-0.1, -0.05) is 18.2 Å². The Hall–Kier alpha value is -1.39. The molecule has 0 aliphatic heterocycles.